The Hall–Kier alpha value is -2.73. The molecule has 0 spiro atoms. The zero-order valence-corrected chi connectivity index (χ0v) is 11.6. The van der Waals surface area contributed by atoms with Crippen LogP contribution in [0.4, 0.5) is 5.69 Å². The van der Waals surface area contributed by atoms with Gasteiger partial charge in [0.05, 0.1) is 17.1 Å². The van der Waals surface area contributed by atoms with Crippen LogP contribution in [0.3, 0.4) is 0 Å². The average Bonchev–Trinajstić information content (AvgIpc) is 2.83. The first-order valence-electron chi connectivity index (χ1n) is 6.87. The smallest absolute Gasteiger partial charge is 0.269 e. The highest BCUT2D eigenvalue weighted by molar-refractivity contribution is 5.94. The maximum absolute atomic E-state index is 12.2. The third-order valence-corrected chi connectivity index (χ3v) is 3.83. The van der Waals surface area contributed by atoms with Crippen molar-refractivity contribution in [2.75, 3.05) is 0 Å². The Morgan fingerprint density at radius 3 is 2.55 bits per heavy atom. The normalized spacial score (nSPS) is 19.5. The van der Waals surface area contributed by atoms with Crippen molar-refractivity contribution in [1.82, 2.24) is 5.32 Å². The number of nitro benzene ring substituents is 1. The Balaban J connectivity index is 1.78. The number of non-ortho nitro benzene ring substituents is 1. The van der Waals surface area contributed by atoms with Gasteiger partial charge in [-0.15, -0.1) is 0 Å². The number of amides is 1. The molecule has 0 aliphatic heterocycles. The van der Waals surface area contributed by atoms with Crippen LogP contribution >= 0.6 is 0 Å². The van der Waals surface area contributed by atoms with E-state index in [9.17, 15) is 20.0 Å². The molecule has 2 unspecified atom stereocenters. The van der Waals surface area contributed by atoms with Crippen LogP contribution in [0.2, 0.25) is 0 Å². The van der Waals surface area contributed by atoms with Crippen molar-refractivity contribution in [3.05, 3.63) is 75.3 Å². The van der Waals surface area contributed by atoms with Gasteiger partial charge in [0.2, 0.25) is 0 Å². The van der Waals surface area contributed by atoms with Gasteiger partial charge in [0, 0.05) is 24.1 Å². The maximum Gasteiger partial charge on any atom is 0.269 e. The van der Waals surface area contributed by atoms with E-state index in [4.69, 9.17) is 0 Å². The van der Waals surface area contributed by atoms with Crippen LogP contribution in [0.25, 0.3) is 0 Å². The molecule has 2 aromatic carbocycles. The van der Waals surface area contributed by atoms with Crippen LogP contribution in [0.1, 0.15) is 27.5 Å². The second-order valence-electron chi connectivity index (χ2n) is 5.23. The van der Waals surface area contributed by atoms with Gasteiger partial charge < -0.3 is 10.4 Å². The summed E-state index contributed by atoms with van der Waals surface area (Å²) in [4.78, 5) is 22.3. The first kappa shape index (κ1) is 14.2. The second-order valence-corrected chi connectivity index (χ2v) is 5.23. The number of fused-ring (bicyclic) bond motifs is 1. The van der Waals surface area contributed by atoms with Crippen LogP contribution in [-0.4, -0.2) is 22.0 Å². The van der Waals surface area contributed by atoms with Crippen molar-refractivity contribution in [3.63, 3.8) is 0 Å². The zero-order valence-electron chi connectivity index (χ0n) is 11.6. The van der Waals surface area contributed by atoms with E-state index < -0.39 is 17.1 Å². The largest absolute Gasteiger partial charge is 0.390 e. The van der Waals surface area contributed by atoms with Gasteiger partial charge in [0.25, 0.3) is 11.6 Å². The minimum atomic E-state index is -0.667. The summed E-state index contributed by atoms with van der Waals surface area (Å²) < 4.78 is 0. The van der Waals surface area contributed by atoms with Gasteiger partial charge >= 0.3 is 0 Å². The third kappa shape index (κ3) is 2.56. The van der Waals surface area contributed by atoms with Crippen LogP contribution in [0, 0.1) is 10.1 Å². The molecular formula is C16H14N2O4. The molecule has 1 aliphatic rings. The molecule has 0 radical (unpaired) electrons. The summed E-state index contributed by atoms with van der Waals surface area (Å²) in [5.41, 5.74) is 2.18. The predicted octanol–water partition coefficient (Wildman–Crippen LogP) is 1.98. The maximum atomic E-state index is 12.2. The molecule has 22 heavy (non-hydrogen) atoms. The summed E-state index contributed by atoms with van der Waals surface area (Å²) in [7, 11) is 0. The van der Waals surface area contributed by atoms with Crippen LogP contribution < -0.4 is 5.32 Å². The summed E-state index contributed by atoms with van der Waals surface area (Å²) >= 11 is 0. The number of benzene rings is 2. The number of nitrogens with zero attached hydrogens (tertiary/aromatic N) is 1. The summed E-state index contributed by atoms with van der Waals surface area (Å²) in [6.45, 7) is 0. The lowest BCUT2D eigenvalue weighted by molar-refractivity contribution is -0.384. The number of nitrogens with one attached hydrogen (secondary N) is 1. The van der Waals surface area contributed by atoms with Crippen molar-refractivity contribution in [1.29, 1.82) is 0 Å². The van der Waals surface area contributed by atoms with Crippen molar-refractivity contribution < 1.29 is 14.8 Å². The third-order valence-electron chi connectivity index (χ3n) is 3.83. The van der Waals surface area contributed by atoms with Gasteiger partial charge in [-0.2, -0.15) is 0 Å². The average molecular weight is 298 g/mol. The number of hydrogen-bond acceptors (Lipinski definition) is 4. The number of hydrogen-bond donors (Lipinski definition) is 2. The summed E-state index contributed by atoms with van der Waals surface area (Å²) in [5.74, 6) is -0.365. The van der Waals surface area contributed by atoms with Gasteiger partial charge in [-0.1, -0.05) is 24.3 Å². The number of carbonyl (C=O) groups excluding carboxylic acids is 1. The highest BCUT2D eigenvalue weighted by Crippen LogP contribution is 2.31. The molecule has 6 heteroatoms. The highest BCUT2D eigenvalue weighted by atomic mass is 16.6. The Bertz CT molecular complexity index is 727. The summed E-state index contributed by atoms with van der Waals surface area (Å²) in [6, 6.07) is 12.5. The molecule has 112 valence electrons. The molecule has 2 aromatic rings. The quantitative estimate of drug-likeness (QED) is 0.669. The fourth-order valence-electron chi connectivity index (χ4n) is 2.71. The topological polar surface area (TPSA) is 92.5 Å². The lowest BCUT2D eigenvalue weighted by Crippen LogP contribution is -2.33. The number of rotatable bonds is 3. The van der Waals surface area contributed by atoms with E-state index in [-0.39, 0.29) is 11.6 Å². The molecule has 6 nitrogen and oxygen atoms in total. The lowest BCUT2D eigenvalue weighted by atomic mass is 10.1. The van der Waals surface area contributed by atoms with Gasteiger partial charge in [-0.25, -0.2) is 0 Å². The van der Waals surface area contributed by atoms with Crippen molar-refractivity contribution >= 4 is 11.6 Å². The van der Waals surface area contributed by atoms with E-state index in [0.29, 0.717) is 12.0 Å². The van der Waals surface area contributed by atoms with Crippen molar-refractivity contribution in [2.45, 2.75) is 18.6 Å². The van der Waals surface area contributed by atoms with E-state index in [0.717, 1.165) is 11.1 Å². The van der Waals surface area contributed by atoms with Gasteiger partial charge in [0.1, 0.15) is 0 Å². The van der Waals surface area contributed by atoms with Gasteiger partial charge in [0.15, 0.2) is 0 Å². The van der Waals surface area contributed by atoms with Crippen LogP contribution in [0.15, 0.2) is 48.5 Å². The molecule has 2 atom stereocenters. The lowest BCUT2D eigenvalue weighted by Gasteiger charge is -2.18. The number of carbonyl (C=O) groups is 1. The Labute approximate surface area is 126 Å². The fourth-order valence-corrected chi connectivity index (χ4v) is 2.71. The molecule has 0 fully saturated rings. The van der Waals surface area contributed by atoms with Gasteiger partial charge in [-0.3, -0.25) is 14.9 Å². The van der Waals surface area contributed by atoms with E-state index in [1.807, 2.05) is 24.3 Å². The first-order valence-corrected chi connectivity index (χ1v) is 6.87. The molecule has 1 amide bonds. The molecule has 0 heterocycles. The summed E-state index contributed by atoms with van der Waals surface area (Å²) in [6.07, 6.45) is -0.166. The predicted molar refractivity (Wildman–Crippen MR) is 79.5 cm³/mol. The molecule has 0 saturated heterocycles. The Morgan fingerprint density at radius 2 is 1.86 bits per heavy atom. The first-order chi connectivity index (χ1) is 10.6. The molecule has 3 rings (SSSR count). The van der Waals surface area contributed by atoms with Gasteiger partial charge in [-0.05, 0) is 23.3 Å². The molecule has 0 saturated carbocycles. The van der Waals surface area contributed by atoms with Crippen molar-refractivity contribution in [3.8, 4) is 0 Å². The Morgan fingerprint density at radius 1 is 1.18 bits per heavy atom. The van der Waals surface area contributed by atoms with Crippen LogP contribution in [-0.2, 0) is 6.42 Å². The number of aliphatic hydroxyl groups excluding tert-OH is 1. The van der Waals surface area contributed by atoms with E-state index in [1.165, 1.54) is 24.3 Å². The van der Waals surface area contributed by atoms with E-state index in [2.05, 4.69) is 5.32 Å². The zero-order chi connectivity index (χ0) is 15.7. The second kappa shape index (κ2) is 5.57. The summed E-state index contributed by atoms with van der Waals surface area (Å²) in [5, 5.41) is 23.5. The molecule has 0 aromatic heterocycles. The standard InChI is InChI=1S/C16H14N2O4/c19-14-9-11-3-1-2-4-13(11)15(14)17-16(20)10-5-7-12(8-6-10)18(21)22/h1-8,14-15,19H,9H2,(H,17,20). The number of aliphatic hydroxyl groups is 1. The SMILES string of the molecule is O=C(NC1c2ccccc2CC1O)c1ccc([N+](=O)[O-])cc1. The molecule has 1 aliphatic carbocycles. The van der Waals surface area contributed by atoms with E-state index >= 15 is 0 Å². The Kier molecular flexibility index (Phi) is 3.60. The van der Waals surface area contributed by atoms with Crippen LogP contribution in [0.5, 0.6) is 0 Å². The monoisotopic (exact) mass is 298 g/mol. The molecule has 2 N–H and O–H groups in total. The molecule has 0 bridgehead atoms. The minimum absolute atomic E-state index is 0.0669. The molecular weight excluding hydrogens is 284 g/mol. The van der Waals surface area contributed by atoms with E-state index in [1.54, 1.807) is 0 Å². The van der Waals surface area contributed by atoms with Crippen molar-refractivity contribution in [2.24, 2.45) is 0 Å². The minimum Gasteiger partial charge on any atom is -0.390 e. The highest BCUT2D eigenvalue weighted by Gasteiger charge is 2.32. The number of nitro groups is 1. The fraction of sp³-hybridized carbons (Fsp3) is 0.188.